The minimum atomic E-state index is -0.829. The molecule has 38 heavy (non-hydrogen) atoms. The minimum absolute atomic E-state index is 0.117. The average molecular weight is 511 g/mol. The van der Waals surface area contributed by atoms with E-state index < -0.39 is 23.4 Å². The van der Waals surface area contributed by atoms with E-state index in [1.54, 1.807) is 37.3 Å². The summed E-state index contributed by atoms with van der Waals surface area (Å²) >= 11 is 0. The molecule has 6 aromatic rings. The molecule has 1 atom stereocenters. The summed E-state index contributed by atoms with van der Waals surface area (Å²) in [6.45, 7) is 1.76. The van der Waals surface area contributed by atoms with Crippen LogP contribution in [0.25, 0.3) is 38.9 Å². The Morgan fingerprint density at radius 1 is 1.00 bits per heavy atom. The first-order valence-corrected chi connectivity index (χ1v) is 11.6. The fourth-order valence-corrected chi connectivity index (χ4v) is 4.53. The molecular weight excluding hydrogens is 492 g/mol. The van der Waals surface area contributed by atoms with Crippen LogP contribution in [-0.2, 0) is 0 Å². The van der Waals surface area contributed by atoms with Crippen molar-refractivity contribution in [3.63, 3.8) is 0 Å². The van der Waals surface area contributed by atoms with Crippen molar-refractivity contribution in [2.24, 2.45) is 0 Å². The number of anilines is 1. The van der Waals surface area contributed by atoms with E-state index >= 15 is 0 Å². The lowest BCUT2D eigenvalue weighted by molar-refractivity contribution is 0.432. The van der Waals surface area contributed by atoms with Crippen LogP contribution in [-0.4, -0.2) is 34.4 Å². The van der Waals surface area contributed by atoms with Gasteiger partial charge in [0.1, 0.15) is 35.5 Å². The zero-order valence-corrected chi connectivity index (χ0v) is 19.9. The smallest absolute Gasteiger partial charge is 0.266 e. The number of halogens is 2. The molecule has 3 heterocycles. The maximum atomic E-state index is 14.2. The van der Waals surface area contributed by atoms with Gasteiger partial charge in [0.05, 0.1) is 22.0 Å². The monoisotopic (exact) mass is 511 g/mol. The van der Waals surface area contributed by atoms with Crippen molar-refractivity contribution in [2.75, 3.05) is 5.73 Å². The number of para-hydroxylation sites is 1. The Kier molecular flexibility index (Phi) is 5.34. The van der Waals surface area contributed by atoms with Gasteiger partial charge in [-0.15, -0.1) is 0 Å². The van der Waals surface area contributed by atoms with Gasteiger partial charge in [-0.2, -0.15) is 5.10 Å². The van der Waals surface area contributed by atoms with Crippen molar-refractivity contribution in [3.8, 4) is 22.7 Å². The SMILES string of the molecule is CC(c1nc2ccccc2c(=O)n1-c1cccc(F)c1)n1nc(-c2ccc(O)c(F)c2)c2c(N)ncnc21. The molecular formula is C27H19F2N7O2. The number of aromatic hydroxyl groups is 1. The van der Waals surface area contributed by atoms with E-state index in [0.29, 0.717) is 33.2 Å². The second-order valence-corrected chi connectivity index (χ2v) is 8.70. The van der Waals surface area contributed by atoms with Crippen LogP contribution in [0.4, 0.5) is 14.6 Å². The summed E-state index contributed by atoms with van der Waals surface area (Å²) in [5.74, 6) is -1.46. The summed E-state index contributed by atoms with van der Waals surface area (Å²) in [5, 5.41) is 15.1. The lowest BCUT2D eigenvalue weighted by Gasteiger charge is -2.19. The number of aromatic nitrogens is 6. The molecule has 3 N–H and O–H groups in total. The first-order valence-electron chi connectivity index (χ1n) is 11.6. The molecule has 0 amide bonds. The molecule has 0 saturated heterocycles. The molecule has 0 aliphatic heterocycles. The molecule has 188 valence electrons. The van der Waals surface area contributed by atoms with E-state index in [1.807, 2.05) is 0 Å². The molecule has 9 nitrogen and oxygen atoms in total. The Hall–Kier alpha value is -5.19. The van der Waals surface area contributed by atoms with Crippen molar-refractivity contribution in [1.29, 1.82) is 0 Å². The van der Waals surface area contributed by atoms with Gasteiger partial charge in [0.15, 0.2) is 17.2 Å². The number of phenols is 1. The second-order valence-electron chi connectivity index (χ2n) is 8.70. The van der Waals surface area contributed by atoms with E-state index in [0.717, 1.165) is 6.07 Å². The Labute approximate surface area is 213 Å². The highest BCUT2D eigenvalue weighted by atomic mass is 19.1. The predicted molar refractivity (Wildman–Crippen MR) is 138 cm³/mol. The van der Waals surface area contributed by atoms with Crippen LogP contribution in [0.5, 0.6) is 5.75 Å². The van der Waals surface area contributed by atoms with Gasteiger partial charge >= 0.3 is 0 Å². The van der Waals surface area contributed by atoms with Crippen LogP contribution >= 0.6 is 0 Å². The van der Waals surface area contributed by atoms with Crippen LogP contribution in [0.3, 0.4) is 0 Å². The zero-order chi connectivity index (χ0) is 26.6. The highest BCUT2D eigenvalue weighted by Gasteiger charge is 2.25. The number of fused-ring (bicyclic) bond motifs is 2. The molecule has 3 aromatic carbocycles. The highest BCUT2D eigenvalue weighted by molar-refractivity contribution is 5.98. The molecule has 0 fully saturated rings. The molecule has 0 saturated carbocycles. The van der Waals surface area contributed by atoms with E-state index in [1.165, 1.54) is 45.9 Å². The van der Waals surface area contributed by atoms with E-state index in [-0.39, 0.29) is 22.9 Å². The maximum absolute atomic E-state index is 14.2. The quantitative estimate of drug-likeness (QED) is 0.360. The summed E-state index contributed by atoms with van der Waals surface area (Å²) in [5.41, 5.74) is 7.50. The van der Waals surface area contributed by atoms with Crippen molar-refractivity contribution < 1.29 is 13.9 Å². The van der Waals surface area contributed by atoms with Crippen LogP contribution in [0.2, 0.25) is 0 Å². The van der Waals surface area contributed by atoms with Gasteiger partial charge in [0.25, 0.3) is 5.56 Å². The summed E-state index contributed by atoms with van der Waals surface area (Å²) in [4.78, 5) is 26.9. The largest absolute Gasteiger partial charge is 0.505 e. The Balaban J connectivity index is 1.64. The topological polar surface area (TPSA) is 125 Å². The molecule has 0 aliphatic rings. The second kappa shape index (κ2) is 8.73. The molecule has 0 aliphatic carbocycles. The minimum Gasteiger partial charge on any atom is -0.505 e. The Morgan fingerprint density at radius 2 is 1.82 bits per heavy atom. The first-order chi connectivity index (χ1) is 18.3. The third kappa shape index (κ3) is 3.63. The lowest BCUT2D eigenvalue weighted by atomic mass is 10.1. The normalized spacial score (nSPS) is 12.3. The standard InChI is InChI=1S/C27H19F2N7O2/c1-14(25-33-20-8-3-2-7-18(20)27(38)35(25)17-6-4-5-16(28)12-17)36-26-22(24(30)31-13-32-26)23(34-36)15-9-10-21(37)19(29)11-15/h2-14,37H,1H3,(H2,30,31,32). The summed E-state index contributed by atoms with van der Waals surface area (Å²) in [7, 11) is 0. The number of hydrogen-bond donors (Lipinski definition) is 2. The third-order valence-corrected chi connectivity index (χ3v) is 6.35. The van der Waals surface area contributed by atoms with Gasteiger partial charge in [-0.25, -0.2) is 28.4 Å². The Morgan fingerprint density at radius 3 is 2.61 bits per heavy atom. The van der Waals surface area contributed by atoms with Gasteiger partial charge in [-0.1, -0.05) is 18.2 Å². The molecule has 1 unspecified atom stereocenters. The molecule has 0 bridgehead atoms. The number of rotatable bonds is 4. The number of phenolic OH excluding ortho intramolecular Hbond substituents is 1. The predicted octanol–water partition coefficient (Wildman–Crippen LogP) is 4.37. The summed E-state index contributed by atoms with van der Waals surface area (Å²) in [6, 6.07) is 15.7. The van der Waals surface area contributed by atoms with E-state index in [2.05, 4.69) is 15.1 Å². The van der Waals surface area contributed by atoms with Crippen molar-refractivity contribution in [3.05, 3.63) is 101 Å². The van der Waals surface area contributed by atoms with Crippen molar-refractivity contribution in [1.82, 2.24) is 29.3 Å². The maximum Gasteiger partial charge on any atom is 0.266 e. The Bertz CT molecular complexity index is 1930. The molecule has 0 spiro atoms. The lowest BCUT2D eigenvalue weighted by Crippen LogP contribution is -2.27. The number of nitrogens with zero attached hydrogens (tertiary/aromatic N) is 6. The first kappa shape index (κ1) is 23.2. The molecule has 11 heteroatoms. The number of nitrogen functional groups attached to an aromatic ring is 1. The number of benzene rings is 3. The number of nitrogens with two attached hydrogens (primary N) is 1. The summed E-state index contributed by atoms with van der Waals surface area (Å²) in [6.07, 6.45) is 1.28. The van der Waals surface area contributed by atoms with E-state index in [9.17, 15) is 18.7 Å². The van der Waals surface area contributed by atoms with Crippen molar-refractivity contribution >= 4 is 27.8 Å². The van der Waals surface area contributed by atoms with E-state index in [4.69, 9.17) is 10.7 Å². The summed E-state index contributed by atoms with van der Waals surface area (Å²) < 4.78 is 31.3. The fraction of sp³-hybridized carbons (Fsp3) is 0.0741. The molecule has 6 rings (SSSR count). The third-order valence-electron chi connectivity index (χ3n) is 6.35. The molecule has 3 aromatic heterocycles. The van der Waals surface area contributed by atoms with Gasteiger partial charge in [-0.05, 0) is 55.5 Å². The van der Waals surface area contributed by atoms with Crippen LogP contribution in [0, 0.1) is 11.6 Å². The van der Waals surface area contributed by atoms with Crippen LogP contribution in [0.15, 0.2) is 77.9 Å². The number of hydrogen-bond acceptors (Lipinski definition) is 7. The highest BCUT2D eigenvalue weighted by Crippen LogP contribution is 2.34. The fourth-order valence-electron chi connectivity index (χ4n) is 4.53. The van der Waals surface area contributed by atoms with Crippen molar-refractivity contribution in [2.45, 2.75) is 13.0 Å². The molecule has 0 radical (unpaired) electrons. The zero-order valence-electron chi connectivity index (χ0n) is 19.9. The van der Waals surface area contributed by atoms with Gasteiger partial charge in [-0.3, -0.25) is 9.36 Å². The van der Waals surface area contributed by atoms with Crippen LogP contribution in [0.1, 0.15) is 18.8 Å². The van der Waals surface area contributed by atoms with Gasteiger partial charge in [0, 0.05) is 5.56 Å². The van der Waals surface area contributed by atoms with Crippen LogP contribution < -0.4 is 11.3 Å². The average Bonchev–Trinajstić information content (AvgIpc) is 3.31. The van der Waals surface area contributed by atoms with Gasteiger partial charge in [0.2, 0.25) is 0 Å². The van der Waals surface area contributed by atoms with Gasteiger partial charge < -0.3 is 10.8 Å².